The third kappa shape index (κ3) is 5.12. The van der Waals surface area contributed by atoms with Crippen LogP contribution in [0, 0.1) is 0 Å². The first kappa shape index (κ1) is 18.1. The molecule has 7 nitrogen and oxygen atoms in total. The van der Waals surface area contributed by atoms with E-state index < -0.39 is 21.8 Å². The highest BCUT2D eigenvalue weighted by molar-refractivity contribution is 7.91. The van der Waals surface area contributed by atoms with Gasteiger partial charge in [-0.1, -0.05) is 19.1 Å². The van der Waals surface area contributed by atoms with Crippen molar-refractivity contribution in [2.45, 2.75) is 24.3 Å². The average molecular weight is 328 g/mol. The Bertz CT molecular complexity index is 625. The molecule has 3 N–H and O–H groups in total. The van der Waals surface area contributed by atoms with Crippen LogP contribution in [0.4, 0.5) is 0 Å². The molecule has 1 aromatic rings. The first-order valence-corrected chi connectivity index (χ1v) is 8.37. The molecule has 1 rings (SSSR count). The maximum absolute atomic E-state index is 11.7. The molecular formula is C14H20N2O5S. The second-order valence-electron chi connectivity index (χ2n) is 4.64. The number of carbonyl (C=O) groups is 2. The van der Waals surface area contributed by atoms with Crippen molar-refractivity contribution in [1.82, 2.24) is 5.32 Å². The van der Waals surface area contributed by atoms with E-state index in [-0.39, 0.29) is 29.5 Å². The van der Waals surface area contributed by atoms with Crippen molar-refractivity contribution < 1.29 is 22.7 Å². The van der Waals surface area contributed by atoms with Gasteiger partial charge in [0.2, 0.25) is 5.91 Å². The highest BCUT2D eigenvalue weighted by Crippen LogP contribution is 2.18. The van der Waals surface area contributed by atoms with E-state index in [2.05, 4.69) is 10.1 Å². The molecule has 1 amide bonds. The number of benzene rings is 1. The Morgan fingerprint density at radius 2 is 1.86 bits per heavy atom. The standard InChI is InChI=1S/C14H20N2O5S/c1-3-22(19,20)11-6-4-10(5-7-11)12(15)8-13(17)16-9-14(18)21-2/h4-7,12H,3,8-9,15H2,1-2H3,(H,16,17)/t12-/m0/s1. The number of hydrogen-bond acceptors (Lipinski definition) is 6. The normalized spacial score (nSPS) is 12.5. The highest BCUT2D eigenvalue weighted by Gasteiger charge is 2.15. The lowest BCUT2D eigenvalue weighted by molar-refractivity contribution is -0.141. The summed E-state index contributed by atoms with van der Waals surface area (Å²) in [5, 5.41) is 2.39. The van der Waals surface area contributed by atoms with E-state index >= 15 is 0 Å². The molecule has 1 aromatic carbocycles. The molecule has 0 bridgehead atoms. The van der Waals surface area contributed by atoms with Crippen LogP contribution in [-0.4, -0.2) is 39.7 Å². The van der Waals surface area contributed by atoms with Crippen LogP contribution in [0.15, 0.2) is 29.2 Å². The number of sulfone groups is 1. The summed E-state index contributed by atoms with van der Waals surface area (Å²) in [7, 11) is -2.03. The zero-order valence-corrected chi connectivity index (χ0v) is 13.4. The van der Waals surface area contributed by atoms with E-state index in [0.29, 0.717) is 5.56 Å². The molecule has 1 atom stereocenters. The molecule has 0 unspecified atom stereocenters. The number of methoxy groups -OCH3 is 1. The zero-order chi connectivity index (χ0) is 16.8. The van der Waals surface area contributed by atoms with Crippen molar-refractivity contribution in [1.29, 1.82) is 0 Å². The molecule has 0 saturated carbocycles. The summed E-state index contributed by atoms with van der Waals surface area (Å²) in [4.78, 5) is 22.8. The van der Waals surface area contributed by atoms with Crippen LogP contribution in [0.2, 0.25) is 0 Å². The van der Waals surface area contributed by atoms with Crippen LogP contribution in [0.3, 0.4) is 0 Å². The van der Waals surface area contributed by atoms with Gasteiger partial charge in [-0.25, -0.2) is 8.42 Å². The minimum Gasteiger partial charge on any atom is -0.468 e. The summed E-state index contributed by atoms with van der Waals surface area (Å²) in [5.41, 5.74) is 6.54. The van der Waals surface area contributed by atoms with Gasteiger partial charge in [0, 0.05) is 12.5 Å². The first-order valence-electron chi connectivity index (χ1n) is 6.72. The smallest absolute Gasteiger partial charge is 0.325 e. The van der Waals surface area contributed by atoms with E-state index in [4.69, 9.17) is 5.73 Å². The summed E-state index contributed by atoms with van der Waals surface area (Å²) in [6.07, 6.45) is -0.0170. The Hall–Kier alpha value is -1.93. The summed E-state index contributed by atoms with van der Waals surface area (Å²) in [6.45, 7) is 1.36. The van der Waals surface area contributed by atoms with Crippen molar-refractivity contribution in [3.63, 3.8) is 0 Å². The molecule has 0 heterocycles. The summed E-state index contributed by atoms with van der Waals surface area (Å²) >= 11 is 0. The number of ether oxygens (including phenoxy) is 1. The molecule has 0 saturated heterocycles. The largest absolute Gasteiger partial charge is 0.468 e. The first-order chi connectivity index (χ1) is 10.3. The number of carbonyl (C=O) groups excluding carboxylic acids is 2. The predicted octanol–water partition coefficient (Wildman–Crippen LogP) is 0.159. The van der Waals surface area contributed by atoms with Gasteiger partial charge in [-0.3, -0.25) is 9.59 Å². The Kier molecular flexibility index (Phi) is 6.51. The molecular weight excluding hydrogens is 308 g/mol. The fourth-order valence-electron chi connectivity index (χ4n) is 1.72. The monoisotopic (exact) mass is 328 g/mol. The summed E-state index contributed by atoms with van der Waals surface area (Å²) in [6, 6.07) is 5.53. The predicted molar refractivity (Wildman–Crippen MR) is 80.7 cm³/mol. The van der Waals surface area contributed by atoms with Crippen LogP contribution in [0.1, 0.15) is 24.9 Å². The molecule has 22 heavy (non-hydrogen) atoms. The lowest BCUT2D eigenvalue weighted by atomic mass is 10.0. The van der Waals surface area contributed by atoms with Crippen LogP contribution < -0.4 is 11.1 Å². The molecule has 0 aliphatic heterocycles. The second kappa shape index (κ2) is 7.90. The van der Waals surface area contributed by atoms with Gasteiger partial charge in [0.1, 0.15) is 6.54 Å². The maximum Gasteiger partial charge on any atom is 0.325 e. The molecule has 8 heteroatoms. The molecule has 0 aliphatic rings. The van der Waals surface area contributed by atoms with Gasteiger partial charge in [0.25, 0.3) is 0 Å². The SMILES string of the molecule is CCS(=O)(=O)c1ccc([C@@H](N)CC(=O)NCC(=O)OC)cc1. The minimum absolute atomic E-state index is 0.0170. The Morgan fingerprint density at radius 3 is 2.36 bits per heavy atom. The summed E-state index contributed by atoms with van der Waals surface area (Å²) in [5.74, 6) is -0.909. The van der Waals surface area contributed by atoms with Crippen LogP contribution >= 0.6 is 0 Å². The Labute approximate surface area is 129 Å². The topological polar surface area (TPSA) is 116 Å². The van der Waals surface area contributed by atoms with E-state index in [9.17, 15) is 18.0 Å². The molecule has 0 radical (unpaired) electrons. The van der Waals surface area contributed by atoms with Gasteiger partial charge in [0.05, 0.1) is 17.8 Å². The van der Waals surface area contributed by atoms with Crippen LogP contribution in [0.5, 0.6) is 0 Å². The van der Waals surface area contributed by atoms with Crippen molar-refractivity contribution in [3.8, 4) is 0 Å². The molecule has 0 aromatic heterocycles. The van der Waals surface area contributed by atoms with Gasteiger partial charge in [-0.15, -0.1) is 0 Å². The molecule has 0 spiro atoms. The number of esters is 1. The number of rotatable bonds is 7. The highest BCUT2D eigenvalue weighted by atomic mass is 32.2. The van der Waals surface area contributed by atoms with Crippen molar-refractivity contribution in [2.24, 2.45) is 5.73 Å². The number of hydrogen-bond donors (Lipinski definition) is 2. The molecule has 0 aliphatic carbocycles. The van der Waals surface area contributed by atoms with Crippen molar-refractivity contribution in [3.05, 3.63) is 29.8 Å². The van der Waals surface area contributed by atoms with E-state index in [1.165, 1.54) is 19.2 Å². The van der Waals surface area contributed by atoms with Gasteiger partial charge in [-0.05, 0) is 17.7 Å². The third-order valence-electron chi connectivity index (χ3n) is 3.11. The van der Waals surface area contributed by atoms with Gasteiger partial charge in [0.15, 0.2) is 9.84 Å². The molecule has 122 valence electrons. The second-order valence-corrected chi connectivity index (χ2v) is 6.91. The van der Waals surface area contributed by atoms with Gasteiger partial charge < -0.3 is 15.8 Å². The number of amides is 1. The minimum atomic E-state index is -3.26. The quantitative estimate of drug-likeness (QED) is 0.689. The van der Waals surface area contributed by atoms with E-state index in [1.54, 1.807) is 19.1 Å². The summed E-state index contributed by atoms with van der Waals surface area (Å²) < 4.78 is 27.8. The lowest BCUT2D eigenvalue weighted by Gasteiger charge is -2.12. The fraction of sp³-hybridized carbons (Fsp3) is 0.429. The van der Waals surface area contributed by atoms with Gasteiger partial charge in [-0.2, -0.15) is 0 Å². The number of nitrogens with two attached hydrogens (primary N) is 1. The van der Waals surface area contributed by atoms with E-state index in [0.717, 1.165) is 0 Å². The third-order valence-corrected chi connectivity index (χ3v) is 4.86. The molecule has 0 fully saturated rings. The van der Waals surface area contributed by atoms with Crippen LogP contribution in [-0.2, 0) is 24.2 Å². The van der Waals surface area contributed by atoms with Crippen molar-refractivity contribution in [2.75, 3.05) is 19.4 Å². The number of nitrogens with one attached hydrogen (secondary N) is 1. The fourth-order valence-corrected chi connectivity index (χ4v) is 2.61. The lowest BCUT2D eigenvalue weighted by Crippen LogP contribution is -2.32. The zero-order valence-electron chi connectivity index (χ0n) is 12.5. The maximum atomic E-state index is 11.7. The van der Waals surface area contributed by atoms with Crippen LogP contribution in [0.25, 0.3) is 0 Å². The Morgan fingerprint density at radius 1 is 1.27 bits per heavy atom. The van der Waals surface area contributed by atoms with Crippen molar-refractivity contribution >= 4 is 21.7 Å². The van der Waals surface area contributed by atoms with E-state index in [1.807, 2.05) is 0 Å². The van der Waals surface area contributed by atoms with Gasteiger partial charge >= 0.3 is 5.97 Å². The average Bonchev–Trinajstić information content (AvgIpc) is 2.52. The Balaban J connectivity index is 2.65.